The Morgan fingerprint density at radius 2 is 1.10 bits per heavy atom. The first kappa shape index (κ1) is 33.5. The van der Waals surface area contributed by atoms with Crippen molar-refractivity contribution in [2.45, 2.75) is 38.4 Å². The van der Waals surface area contributed by atoms with Crippen molar-refractivity contribution >= 4 is 29.8 Å². The highest BCUT2D eigenvalue weighted by Gasteiger charge is 2.52. The molecule has 1 saturated heterocycles. The van der Waals surface area contributed by atoms with Gasteiger partial charge in [0.05, 0.1) is 29.9 Å². The highest BCUT2D eigenvalue weighted by atomic mass is 16.7. The Bertz CT molecular complexity index is 1740. The van der Waals surface area contributed by atoms with E-state index < -0.39 is 61.0 Å². The van der Waals surface area contributed by atoms with Gasteiger partial charge in [-0.1, -0.05) is 54.6 Å². The molecule has 13 nitrogen and oxygen atoms in total. The summed E-state index contributed by atoms with van der Waals surface area (Å²) >= 11 is 0. The topological polar surface area (TPSA) is 159 Å². The maximum Gasteiger partial charge on any atom is 0.358 e. The van der Waals surface area contributed by atoms with Crippen LogP contribution in [0.3, 0.4) is 0 Å². The van der Waals surface area contributed by atoms with Crippen molar-refractivity contribution in [2.24, 2.45) is 0 Å². The third-order valence-corrected chi connectivity index (χ3v) is 7.12. The monoisotopic (exact) mass is 656 g/mol. The van der Waals surface area contributed by atoms with Crippen LogP contribution in [0.25, 0.3) is 0 Å². The maximum absolute atomic E-state index is 13.5. The van der Waals surface area contributed by atoms with Crippen molar-refractivity contribution in [1.82, 2.24) is 9.78 Å². The lowest BCUT2D eigenvalue weighted by Gasteiger charge is -2.25. The molecule has 5 rings (SSSR count). The fraction of sp³-hybridized carbons (Fsp3) is 0.257. The first-order valence-electron chi connectivity index (χ1n) is 15.1. The lowest BCUT2D eigenvalue weighted by atomic mass is 10.1. The number of benzene rings is 3. The van der Waals surface area contributed by atoms with Gasteiger partial charge in [0.25, 0.3) is 0 Å². The molecule has 248 valence electrons. The van der Waals surface area contributed by atoms with E-state index in [1.165, 1.54) is 24.3 Å². The molecular formula is C35H32N2O11. The summed E-state index contributed by atoms with van der Waals surface area (Å²) in [7, 11) is 0. The van der Waals surface area contributed by atoms with Crippen LogP contribution < -0.4 is 0 Å². The summed E-state index contributed by atoms with van der Waals surface area (Å²) in [5.41, 5.74) is 0.119. The Balaban J connectivity index is 1.57. The molecule has 0 aliphatic carbocycles. The zero-order chi connectivity index (χ0) is 34.0. The minimum absolute atomic E-state index is 0.00786. The Kier molecular flexibility index (Phi) is 10.9. The summed E-state index contributed by atoms with van der Waals surface area (Å²) < 4.78 is 35.0. The standard InChI is InChI=1S/C35H32N2O11/c1-3-43-34(41)25-20-26(35(42)44-4-2)37(36-25)30-29(48-33(40)24-18-12-7-13-19-24)28(47-32(39)23-16-10-6-11-17-23)27(46-30)21-45-31(38)22-14-8-5-9-15-22/h5-20,27-30H,3-4,21H2,1-2H3/t27-,28-,29-,30-/m1/s1. The van der Waals surface area contributed by atoms with Crippen molar-refractivity contribution < 1.29 is 52.4 Å². The number of ether oxygens (including phenoxy) is 6. The van der Waals surface area contributed by atoms with E-state index in [9.17, 15) is 24.0 Å². The molecular weight excluding hydrogens is 624 g/mol. The summed E-state index contributed by atoms with van der Waals surface area (Å²) in [4.78, 5) is 65.6. The molecule has 0 radical (unpaired) electrons. The van der Waals surface area contributed by atoms with Gasteiger partial charge in [0.1, 0.15) is 12.7 Å². The van der Waals surface area contributed by atoms with Gasteiger partial charge >= 0.3 is 29.8 Å². The molecule has 4 aromatic rings. The molecule has 1 fully saturated rings. The van der Waals surface area contributed by atoms with E-state index >= 15 is 0 Å². The van der Waals surface area contributed by atoms with Crippen molar-refractivity contribution in [1.29, 1.82) is 0 Å². The van der Waals surface area contributed by atoms with Gasteiger partial charge in [-0.3, -0.25) is 0 Å². The highest BCUT2D eigenvalue weighted by molar-refractivity contribution is 5.93. The van der Waals surface area contributed by atoms with E-state index in [2.05, 4.69) is 5.10 Å². The van der Waals surface area contributed by atoms with Crippen molar-refractivity contribution in [2.75, 3.05) is 19.8 Å². The summed E-state index contributed by atoms with van der Waals surface area (Å²) in [6.07, 6.45) is -5.60. The molecule has 2 heterocycles. The largest absolute Gasteiger partial charge is 0.461 e. The number of carbonyl (C=O) groups is 5. The quantitative estimate of drug-likeness (QED) is 0.156. The second kappa shape index (κ2) is 15.6. The lowest BCUT2D eigenvalue weighted by Crippen LogP contribution is -2.41. The molecule has 13 heteroatoms. The SMILES string of the molecule is CCOC(=O)c1cc(C(=O)OCC)n([C@@H]2O[C@H](COC(=O)c3ccccc3)[C@@H](OC(=O)c3ccccc3)[C@H]2OC(=O)c2ccccc2)n1. The summed E-state index contributed by atoms with van der Waals surface area (Å²) in [6.45, 7) is 2.76. The van der Waals surface area contributed by atoms with Crippen LogP contribution in [0.2, 0.25) is 0 Å². The molecule has 1 aliphatic rings. The Hall–Kier alpha value is -5.82. The number of hydrogen-bond acceptors (Lipinski definition) is 12. The predicted molar refractivity (Wildman–Crippen MR) is 166 cm³/mol. The van der Waals surface area contributed by atoms with Gasteiger partial charge in [0.2, 0.25) is 0 Å². The number of esters is 5. The van der Waals surface area contributed by atoms with Gasteiger partial charge in [-0.05, 0) is 50.2 Å². The lowest BCUT2D eigenvalue weighted by molar-refractivity contribution is -0.0684. The van der Waals surface area contributed by atoms with Crippen LogP contribution in [0.5, 0.6) is 0 Å². The molecule has 0 unspecified atom stereocenters. The minimum Gasteiger partial charge on any atom is -0.461 e. The summed E-state index contributed by atoms with van der Waals surface area (Å²) in [5.74, 6) is -3.99. The van der Waals surface area contributed by atoms with Crippen LogP contribution in [-0.2, 0) is 28.4 Å². The van der Waals surface area contributed by atoms with E-state index in [1.54, 1.807) is 80.6 Å². The molecule has 1 aromatic heterocycles. The van der Waals surface area contributed by atoms with Gasteiger partial charge in [-0.25, -0.2) is 28.7 Å². The normalized spacial score (nSPS) is 18.4. The molecule has 1 aliphatic heterocycles. The fourth-order valence-electron chi connectivity index (χ4n) is 4.90. The molecule has 0 amide bonds. The van der Waals surface area contributed by atoms with E-state index in [0.717, 1.165) is 10.7 Å². The summed E-state index contributed by atoms with van der Waals surface area (Å²) in [6, 6.07) is 25.4. The van der Waals surface area contributed by atoms with Crippen LogP contribution in [0, 0.1) is 0 Å². The van der Waals surface area contributed by atoms with Crippen molar-refractivity contribution in [3.05, 3.63) is 125 Å². The van der Waals surface area contributed by atoms with E-state index in [1.807, 2.05) is 0 Å². The number of hydrogen-bond donors (Lipinski definition) is 0. The number of carbonyl (C=O) groups excluding carboxylic acids is 5. The van der Waals surface area contributed by atoms with E-state index in [-0.39, 0.29) is 41.3 Å². The van der Waals surface area contributed by atoms with Crippen LogP contribution in [-0.4, -0.2) is 77.8 Å². The molecule has 4 atom stereocenters. The fourth-order valence-corrected chi connectivity index (χ4v) is 4.90. The Labute approximate surface area is 275 Å². The third kappa shape index (κ3) is 7.76. The minimum atomic E-state index is -1.48. The van der Waals surface area contributed by atoms with Crippen LogP contribution in [0.1, 0.15) is 72.1 Å². The van der Waals surface area contributed by atoms with E-state index in [4.69, 9.17) is 28.4 Å². The number of rotatable bonds is 12. The maximum atomic E-state index is 13.5. The smallest absolute Gasteiger partial charge is 0.358 e. The molecule has 0 N–H and O–H groups in total. The van der Waals surface area contributed by atoms with Crippen LogP contribution >= 0.6 is 0 Å². The van der Waals surface area contributed by atoms with E-state index in [0.29, 0.717) is 0 Å². The zero-order valence-electron chi connectivity index (χ0n) is 26.1. The molecule has 0 saturated carbocycles. The number of aromatic nitrogens is 2. The molecule has 0 bridgehead atoms. The summed E-state index contributed by atoms with van der Waals surface area (Å²) in [5, 5.41) is 4.27. The van der Waals surface area contributed by atoms with Crippen LogP contribution in [0.4, 0.5) is 0 Å². The average Bonchev–Trinajstić information content (AvgIpc) is 3.70. The molecule has 48 heavy (non-hydrogen) atoms. The zero-order valence-corrected chi connectivity index (χ0v) is 26.1. The third-order valence-electron chi connectivity index (χ3n) is 7.12. The van der Waals surface area contributed by atoms with Crippen molar-refractivity contribution in [3.63, 3.8) is 0 Å². The second-order valence-electron chi connectivity index (χ2n) is 10.3. The molecule has 0 spiro atoms. The first-order valence-corrected chi connectivity index (χ1v) is 15.1. The molecule has 3 aromatic carbocycles. The average molecular weight is 657 g/mol. The highest BCUT2D eigenvalue weighted by Crippen LogP contribution is 2.36. The van der Waals surface area contributed by atoms with Gasteiger partial charge in [0, 0.05) is 6.07 Å². The van der Waals surface area contributed by atoms with Crippen LogP contribution in [0.15, 0.2) is 97.1 Å². The number of nitrogens with zero attached hydrogens (tertiary/aromatic N) is 2. The van der Waals surface area contributed by atoms with Gasteiger partial charge in [-0.15, -0.1) is 0 Å². The Morgan fingerprint density at radius 1 is 0.625 bits per heavy atom. The first-order chi connectivity index (χ1) is 23.3. The Morgan fingerprint density at radius 3 is 1.62 bits per heavy atom. The second-order valence-corrected chi connectivity index (χ2v) is 10.3. The predicted octanol–water partition coefficient (Wildman–Crippen LogP) is 4.44. The van der Waals surface area contributed by atoms with Gasteiger partial charge in [0.15, 0.2) is 29.8 Å². The van der Waals surface area contributed by atoms with Gasteiger partial charge < -0.3 is 28.4 Å². The van der Waals surface area contributed by atoms with Crippen molar-refractivity contribution in [3.8, 4) is 0 Å². The van der Waals surface area contributed by atoms with Gasteiger partial charge in [-0.2, -0.15) is 5.10 Å².